The van der Waals surface area contributed by atoms with E-state index in [4.69, 9.17) is 9.47 Å². The maximum absolute atomic E-state index is 11.9. The zero-order valence-corrected chi connectivity index (χ0v) is 11.6. The van der Waals surface area contributed by atoms with Gasteiger partial charge in [-0.15, -0.1) is 0 Å². The third-order valence-corrected chi connectivity index (χ3v) is 3.33. The second-order valence-corrected chi connectivity index (χ2v) is 4.96. The van der Waals surface area contributed by atoms with Crippen LogP contribution in [0.2, 0.25) is 0 Å². The van der Waals surface area contributed by atoms with E-state index in [1.807, 2.05) is 37.3 Å². The van der Waals surface area contributed by atoms with Gasteiger partial charge in [-0.25, -0.2) is 0 Å². The van der Waals surface area contributed by atoms with Crippen molar-refractivity contribution in [2.24, 2.45) is 0 Å². The second-order valence-electron chi connectivity index (χ2n) is 4.96. The topological polar surface area (TPSA) is 52.6 Å². The highest BCUT2D eigenvalue weighted by Crippen LogP contribution is 2.33. The molecule has 1 heterocycles. The number of carbonyl (C=O) groups excluding carboxylic acids is 2. The summed E-state index contributed by atoms with van der Waals surface area (Å²) in [5.74, 6) is 0.150. The van der Waals surface area contributed by atoms with Gasteiger partial charge >= 0.3 is 5.97 Å². The van der Waals surface area contributed by atoms with Crippen molar-refractivity contribution in [3.63, 3.8) is 0 Å². The molecule has 4 nitrogen and oxygen atoms in total. The molecule has 0 radical (unpaired) electrons. The third-order valence-electron chi connectivity index (χ3n) is 3.33. The van der Waals surface area contributed by atoms with Crippen LogP contribution in [-0.2, 0) is 11.4 Å². The van der Waals surface area contributed by atoms with Crippen molar-refractivity contribution in [3.8, 4) is 11.5 Å². The summed E-state index contributed by atoms with van der Waals surface area (Å²) in [6, 6.07) is 13.1. The van der Waals surface area contributed by atoms with E-state index >= 15 is 0 Å². The molecule has 1 aliphatic rings. The van der Waals surface area contributed by atoms with E-state index in [0.29, 0.717) is 23.7 Å². The van der Waals surface area contributed by atoms with E-state index in [-0.39, 0.29) is 12.2 Å². The van der Waals surface area contributed by atoms with Crippen LogP contribution in [0.3, 0.4) is 0 Å². The molecule has 21 heavy (non-hydrogen) atoms. The first-order chi connectivity index (χ1) is 10.1. The number of fused-ring (bicyclic) bond motifs is 1. The average molecular weight is 282 g/mol. The summed E-state index contributed by atoms with van der Waals surface area (Å²) in [6.45, 7) is 2.23. The molecule has 0 N–H and O–H groups in total. The lowest BCUT2D eigenvalue weighted by molar-refractivity contribution is -0.133. The predicted molar refractivity (Wildman–Crippen MR) is 76.5 cm³/mol. The Bertz CT molecular complexity index is 704. The Hall–Kier alpha value is -2.62. The Morgan fingerprint density at radius 1 is 1.14 bits per heavy atom. The van der Waals surface area contributed by atoms with Crippen LogP contribution in [-0.4, -0.2) is 11.8 Å². The minimum Gasteiger partial charge on any atom is -0.489 e. The molecule has 0 saturated heterocycles. The summed E-state index contributed by atoms with van der Waals surface area (Å²) in [5.41, 5.74) is 2.27. The number of carbonyl (C=O) groups is 2. The normalized spacial score (nSPS) is 13.6. The van der Waals surface area contributed by atoms with Gasteiger partial charge in [0.25, 0.3) is 0 Å². The molecule has 3 rings (SSSR count). The zero-order valence-electron chi connectivity index (χ0n) is 11.6. The Morgan fingerprint density at radius 2 is 1.90 bits per heavy atom. The summed E-state index contributed by atoms with van der Waals surface area (Å²) < 4.78 is 10.8. The third kappa shape index (κ3) is 2.79. The van der Waals surface area contributed by atoms with Gasteiger partial charge in [0.1, 0.15) is 24.5 Å². The highest BCUT2D eigenvalue weighted by molar-refractivity contribution is 6.11. The zero-order chi connectivity index (χ0) is 14.8. The van der Waals surface area contributed by atoms with Crippen LogP contribution in [0.5, 0.6) is 11.5 Å². The van der Waals surface area contributed by atoms with Crippen molar-refractivity contribution < 1.29 is 19.1 Å². The van der Waals surface area contributed by atoms with Gasteiger partial charge in [-0.1, -0.05) is 30.3 Å². The Labute approximate surface area is 122 Å². The van der Waals surface area contributed by atoms with E-state index in [9.17, 15) is 9.59 Å². The molecule has 0 spiro atoms. The molecule has 4 heteroatoms. The molecule has 0 atom stereocenters. The number of rotatable bonds is 3. The lowest BCUT2D eigenvalue weighted by Gasteiger charge is -2.18. The van der Waals surface area contributed by atoms with Gasteiger partial charge in [0.05, 0.1) is 5.56 Å². The number of ether oxygens (including phenoxy) is 2. The number of hydrogen-bond acceptors (Lipinski definition) is 4. The molecule has 0 amide bonds. The smallest absolute Gasteiger partial charge is 0.319 e. The first-order valence-electron chi connectivity index (χ1n) is 6.69. The lowest BCUT2D eigenvalue weighted by Crippen LogP contribution is -2.22. The second kappa shape index (κ2) is 5.40. The van der Waals surface area contributed by atoms with Gasteiger partial charge in [-0.2, -0.15) is 0 Å². The van der Waals surface area contributed by atoms with Gasteiger partial charge in [-0.05, 0) is 24.1 Å². The fourth-order valence-corrected chi connectivity index (χ4v) is 2.36. The van der Waals surface area contributed by atoms with Gasteiger partial charge < -0.3 is 9.47 Å². The predicted octanol–water partition coefficient (Wildman–Crippen LogP) is 3.07. The average Bonchev–Trinajstić information content (AvgIpc) is 2.45. The molecule has 2 aromatic rings. The van der Waals surface area contributed by atoms with Crippen molar-refractivity contribution in [1.29, 1.82) is 0 Å². The molecule has 2 aromatic carbocycles. The molecular weight excluding hydrogens is 268 g/mol. The van der Waals surface area contributed by atoms with E-state index in [2.05, 4.69) is 0 Å². The van der Waals surface area contributed by atoms with Crippen molar-refractivity contribution in [2.75, 3.05) is 0 Å². The van der Waals surface area contributed by atoms with Crippen LogP contribution in [0.15, 0.2) is 42.5 Å². The number of esters is 1. The minimum absolute atomic E-state index is 0.196. The largest absolute Gasteiger partial charge is 0.489 e. The van der Waals surface area contributed by atoms with E-state index in [1.165, 1.54) is 0 Å². The lowest BCUT2D eigenvalue weighted by atomic mass is 9.99. The van der Waals surface area contributed by atoms with Gasteiger partial charge in [-0.3, -0.25) is 9.59 Å². The maximum Gasteiger partial charge on any atom is 0.319 e. The summed E-state index contributed by atoms with van der Waals surface area (Å²) in [7, 11) is 0. The summed E-state index contributed by atoms with van der Waals surface area (Å²) in [6.07, 6.45) is -0.196. The van der Waals surface area contributed by atoms with E-state index in [1.54, 1.807) is 12.1 Å². The SMILES string of the molecule is Cc1cc(OCc2ccccc2)cc2c1C(=O)CC(=O)O2. The summed E-state index contributed by atoms with van der Waals surface area (Å²) >= 11 is 0. The summed E-state index contributed by atoms with van der Waals surface area (Å²) in [4.78, 5) is 23.2. The summed E-state index contributed by atoms with van der Waals surface area (Å²) in [5, 5.41) is 0. The van der Waals surface area contributed by atoms with Crippen LogP contribution in [0.4, 0.5) is 0 Å². The fourth-order valence-electron chi connectivity index (χ4n) is 2.36. The maximum atomic E-state index is 11.9. The molecular formula is C17H14O4. The monoisotopic (exact) mass is 282 g/mol. The number of ketones is 1. The highest BCUT2D eigenvalue weighted by atomic mass is 16.5. The molecule has 1 aliphatic heterocycles. The number of benzene rings is 2. The molecule has 0 aromatic heterocycles. The number of Topliss-reactive ketones (excluding diaryl/α,β-unsaturated/α-hetero) is 1. The molecule has 106 valence electrons. The Kier molecular flexibility index (Phi) is 3.44. The van der Waals surface area contributed by atoms with Crippen LogP contribution >= 0.6 is 0 Å². The van der Waals surface area contributed by atoms with Crippen LogP contribution in [0, 0.1) is 6.92 Å². The Morgan fingerprint density at radius 3 is 2.67 bits per heavy atom. The van der Waals surface area contributed by atoms with E-state index in [0.717, 1.165) is 11.1 Å². The fraction of sp³-hybridized carbons (Fsp3) is 0.176. The van der Waals surface area contributed by atoms with E-state index < -0.39 is 5.97 Å². The highest BCUT2D eigenvalue weighted by Gasteiger charge is 2.27. The Balaban J connectivity index is 1.85. The van der Waals surface area contributed by atoms with Gasteiger partial charge in [0, 0.05) is 6.07 Å². The molecule has 0 unspecified atom stereocenters. The quantitative estimate of drug-likeness (QED) is 0.493. The van der Waals surface area contributed by atoms with Gasteiger partial charge in [0.15, 0.2) is 5.78 Å². The number of aryl methyl sites for hydroxylation is 1. The molecule has 0 bridgehead atoms. The minimum atomic E-state index is -0.521. The van der Waals surface area contributed by atoms with Crippen LogP contribution < -0.4 is 9.47 Å². The molecule has 0 saturated carbocycles. The van der Waals surface area contributed by atoms with Crippen molar-refractivity contribution >= 4 is 11.8 Å². The molecule has 0 fully saturated rings. The van der Waals surface area contributed by atoms with Gasteiger partial charge in [0.2, 0.25) is 0 Å². The van der Waals surface area contributed by atoms with Crippen molar-refractivity contribution in [3.05, 3.63) is 59.2 Å². The first kappa shape index (κ1) is 13.4. The van der Waals surface area contributed by atoms with Crippen molar-refractivity contribution in [2.45, 2.75) is 20.0 Å². The molecule has 0 aliphatic carbocycles. The first-order valence-corrected chi connectivity index (χ1v) is 6.69. The standard InChI is InChI=1S/C17H14O4/c1-11-7-13(20-10-12-5-3-2-4-6-12)8-15-17(11)14(18)9-16(19)21-15/h2-8H,9-10H2,1H3. The van der Waals surface area contributed by atoms with Crippen molar-refractivity contribution in [1.82, 2.24) is 0 Å². The number of hydrogen-bond donors (Lipinski definition) is 0. The van der Waals surface area contributed by atoms with Crippen LogP contribution in [0.1, 0.15) is 27.9 Å². The van der Waals surface area contributed by atoms with Crippen LogP contribution in [0.25, 0.3) is 0 Å².